The average Bonchev–Trinajstić information content (AvgIpc) is 2.70. The topological polar surface area (TPSA) is 105 Å². The summed E-state index contributed by atoms with van der Waals surface area (Å²) in [6.07, 6.45) is 0. The summed E-state index contributed by atoms with van der Waals surface area (Å²) in [5.41, 5.74) is 1.95. The Labute approximate surface area is 164 Å². The molecule has 0 saturated heterocycles. The van der Waals surface area contributed by atoms with E-state index in [9.17, 15) is 18.0 Å². The highest BCUT2D eigenvalue weighted by Crippen LogP contribution is 2.12. The third kappa shape index (κ3) is 6.67. The number of carbonyl (C=O) groups excluding carboxylic acids is 2. The largest absolute Gasteiger partial charge is 0.455 e. The van der Waals surface area contributed by atoms with Crippen molar-refractivity contribution in [3.63, 3.8) is 0 Å². The highest BCUT2D eigenvalue weighted by atomic mass is 32.2. The van der Waals surface area contributed by atoms with Gasteiger partial charge in [0.2, 0.25) is 10.0 Å². The standard InChI is InChI=1S/C19H23N3O5S/c1-22(2)16-10-8-15(9-11-16)12-20-18(23)14-27-19(24)13-21-28(25,26)17-6-4-3-5-7-17/h3-11,21H,12-14H2,1-2H3,(H,20,23). The van der Waals surface area contributed by atoms with Crippen LogP contribution >= 0.6 is 0 Å². The molecule has 0 aliphatic rings. The molecule has 150 valence electrons. The van der Waals surface area contributed by atoms with E-state index in [0.29, 0.717) is 6.54 Å². The Morgan fingerprint density at radius 2 is 1.64 bits per heavy atom. The fraction of sp³-hybridized carbons (Fsp3) is 0.263. The summed E-state index contributed by atoms with van der Waals surface area (Å²) >= 11 is 0. The summed E-state index contributed by atoms with van der Waals surface area (Å²) in [5.74, 6) is -1.32. The van der Waals surface area contributed by atoms with Crippen LogP contribution in [0, 0.1) is 0 Å². The predicted molar refractivity (Wildman–Crippen MR) is 105 cm³/mol. The van der Waals surface area contributed by atoms with E-state index in [-0.39, 0.29) is 4.90 Å². The van der Waals surface area contributed by atoms with Gasteiger partial charge in [0.1, 0.15) is 6.54 Å². The van der Waals surface area contributed by atoms with Crippen LogP contribution in [-0.4, -0.2) is 47.5 Å². The molecular weight excluding hydrogens is 382 g/mol. The monoisotopic (exact) mass is 405 g/mol. The SMILES string of the molecule is CN(C)c1ccc(CNC(=O)COC(=O)CNS(=O)(=O)c2ccccc2)cc1. The molecule has 0 unspecified atom stereocenters. The molecule has 0 saturated carbocycles. The number of sulfonamides is 1. The van der Waals surface area contributed by atoms with Crippen molar-refractivity contribution in [2.24, 2.45) is 0 Å². The Bertz CT molecular complexity index is 897. The maximum Gasteiger partial charge on any atom is 0.321 e. The van der Waals surface area contributed by atoms with Crippen LogP contribution in [0.5, 0.6) is 0 Å². The lowest BCUT2D eigenvalue weighted by molar-refractivity contribution is -0.147. The minimum Gasteiger partial charge on any atom is -0.455 e. The van der Waals surface area contributed by atoms with Crippen LogP contribution in [0.3, 0.4) is 0 Å². The highest BCUT2D eigenvalue weighted by molar-refractivity contribution is 7.89. The zero-order valence-corrected chi connectivity index (χ0v) is 16.5. The summed E-state index contributed by atoms with van der Waals surface area (Å²) in [5, 5.41) is 2.63. The molecule has 2 N–H and O–H groups in total. The van der Waals surface area contributed by atoms with Gasteiger partial charge in [-0.15, -0.1) is 0 Å². The van der Waals surface area contributed by atoms with Crippen LogP contribution in [0.4, 0.5) is 5.69 Å². The Kier molecular flexibility index (Phi) is 7.53. The minimum atomic E-state index is -3.80. The number of benzene rings is 2. The van der Waals surface area contributed by atoms with Gasteiger partial charge in [-0.3, -0.25) is 9.59 Å². The van der Waals surface area contributed by atoms with Gasteiger partial charge in [0.05, 0.1) is 4.90 Å². The molecular formula is C19H23N3O5S. The van der Waals surface area contributed by atoms with Crippen LogP contribution in [0.1, 0.15) is 5.56 Å². The van der Waals surface area contributed by atoms with Gasteiger partial charge in [0.15, 0.2) is 6.61 Å². The first kappa shape index (κ1) is 21.4. The number of hydrogen-bond acceptors (Lipinski definition) is 6. The molecule has 2 rings (SSSR count). The number of rotatable bonds is 9. The second-order valence-corrected chi connectivity index (χ2v) is 7.90. The van der Waals surface area contributed by atoms with Gasteiger partial charge in [-0.05, 0) is 29.8 Å². The van der Waals surface area contributed by atoms with Crippen LogP contribution in [0.2, 0.25) is 0 Å². The Balaban J connectivity index is 1.71. The number of esters is 1. The zero-order chi connectivity index (χ0) is 20.6. The van der Waals surface area contributed by atoms with Crippen molar-refractivity contribution in [2.75, 3.05) is 32.1 Å². The molecule has 0 aromatic heterocycles. The first-order valence-corrected chi connectivity index (χ1v) is 9.99. The van der Waals surface area contributed by atoms with Gasteiger partial charge in [-0.25, -0.2) is 8.42 Å². The van der Waals surface area contributed by atoms with Crippen LogP contribution in [-0.2, 0) is 30.9 Å². The Morgan fingerprint density at radius 3 is 2.25 bits per heavy atom. The summed E-state index contributed by atoms with van der Waals surface area (Å²) < 4.78 is 30.9. The summed E-state index contributed by atoms with van der Waals surface area (Å²) in [7, 11) is 0.0665. The van der Waals surface area contributed by atoms with Gasteiger partial charge in [0.25, 0.3) is 5.91 Å². The number of hydrogen-bond donors (Lipinski definition) is 2. The van der Waals surface area contributed by atoms with E-state index >= 15 is 0 Å². The highest BCUT2D eigenvalue weighted by Gasteiger charge is 2.16. The first-order valence-electron chi connectivity index (χ1n) is 8.51. The molecule has 0 atom stereocenters. The van der Waals surface area contributed by atoms with E-state index in [1.54, 1.807) is 18.2 Å². The molecule has 8 nitrogen and oxygen atoms in total. The maximum atomic E-state index is 12.0. The van der Waals surface area contributed by atoms with E-state index in [1.165, 1.54) is 12.1 Å². The molecule has 0 aliphatic carbocycles. The fourth-order valence-corrected chi connectivity index (χ4v) is 3.19. The van der Waals surface area contributed by atoms with Crippen molar-refractivity contribution in [3.8, 4) is 0 Å². The number of nitrogens with one attached hydrogen (secondary N) is 2. The molecule has 2 aromatic carbocycles. The van der Waals surface area contributed by atoms with Gasteiger partial charge < -0.3 is 15.0 Å². The second kappa shape index (κ2) is 9.86. The number of anilines is 1. The van der Waals surface area contributed by atoms with E-state index in [4.69, 9.17) is 4.74 Å². The normalized spacial score (nSPS) is 10.9. The number of amides is 1. The van der Waals surface area contributed by atoms with E-state index in [0.717, 1.165) is 11.3 Å². The molecule has 0 fully saturated rings. The molecule has 28 heavy (non-hydrogen) atoms. The van der Waals surface area contributed by atoms with Crippen molar-refractivity contribution in [1.82, 2.24) is 10.0 Å². The van der Waals surface area contributed by atoms with E-state index in [2.05, 4.69) is 10.0 Å². The molecule has 0 aliphatic heterocycles. The lowest BCUT2D eigenvalue weighted by atomic mass is 10.2. The van der Waals surface area contributed by atoms with Crippen molar-refractivity contribution in [2.45, 2.75) is 11.4 Å². The third-order valence-corrected chi connectivity index (χ3v) is 5.18. The minimum absolute atomic E-state index is 0.0424. The molecule has 0 spiro atoms. The summed E-state index contributed by atoms with van der Waals surface area (Å²) in [6, 6.07) is 15.3. The summed E-state index contributed by atoms with van der Waals surface area (Å²) in [4.78, 5) is 25.5. The Hall–Kier alpha value is -2.91. The van der Waals surface area contributed by atoms with E-state index < -0.39 is 35.1 Å². The van der Waals surface area contributed by atoms with Gasteiger partial charge in [0, 0.05) is 26.3 Å². The van der Waals surface area contributed by atoms with Crippen LogP contribution in [0.25, 0.3) is 0 Å². The molecule has 0 heterocycles. The molecule has 1 amide bonds. The zero-order valence-electron chi connectivity index (χ0n) is 15.7. The molecule has 9 heteroatoms. The fourth-order valence-electron chi connectivity index (χ4n) is 2.20. The maximum absolute atomic E-state index is 12.0. The first-order chi connectivity index (χ1) is 13.3. The van der Waals surface area contributed by atoms with Crippen molar-refractivity contribution < 1.29 is 22.7 Å². The molecule has 0 radical (unpaired) electrons. The Morgan fingerprint density at radius 1 is 1.00 bits per heavy atom. The lowest BCUT2D eigenvalue weighted by Gasteiger charge is -2.13. The quantitative estimate of drug-likeness (QED) is 0.601. The summed E-state index contributed by atoms with van der Waals surface area (Å²) in [6.45, 7) is -0.747. The number of ether oxygens (including phenoxy) is 1. The number of nitrogens with zero attached hydrogens (tertiary/aromatic N) is 1. The van der Waals surface area contributed by atoms with Crippen molar-refractivity contribution in [3.05, 3.63) is 60.2 Å². The molecule has 2 aromatic rings. The average molecular weight is 405 g/mol. The third-order valence-electron chi connectivity index (χ3n) is 3.77. The smallest absolute Gasteiger partial charge is 0.321 e. The van der Waals surface area contributed by atoms with Gasteiger partial charge >= 0.3 is 5.97 Å². The van der Waals surface area contributed by atoms with Gasteiger partial charge in [-0.2, -0.15) is 4.72 Å². The lowest BCUT2D eigenvalue weighted by Crippen LogP contribution is -2.33. The number of carbonyl (C=O) groups is 2. The van der Waals surface area contributed by atoms with Crippen LogP contribution in [0.15, 0.2) is 59.5 Å². The van der Waals surface area contributed by atoms with E-state index in [1.807, 2.05) is 43.3 Å². The van der Waals surface area contributed by atoms with Gasteiger partial charge in [-0.1, -0.05) is 30.3 Å². The van der Waals surface area contributed by atoms with Crippen molar-refractivity contribution >= 4 is 27.6 Å². The van der Waals surface area contributed by atoms with Crippen molar-refractivity contribution in [1.29, 1.82) is 0 Å². The second-order valence-electron chi connectivity index (χ2n) is 6.14. The van der Waals surface area contributed by atoms with Crippen LogP contribution < -0.4 is 14.9 Å². The predicted octanol–water partition coefficient (Wildman–Crippen LogP) is 0.891. The molecule has 0 bridgehead atoms.